The van der Waals surface area contributed by atoms with Crippen molar-refractivity contribution in [2.24, 2.45) is 5.11 Å². The number of halogens is 1. The van der Waals surface area contributed by atoms with Gasteiger partial charge in [0.15, 0.2) is 11.5 Å². The smallest absolute Gasteiger partial charge is 0.242 e. The Hall–Kier alpha value is -3.22. The molecule has 0 aliphatic carbocycles. The molecule has 0 unspecified atom stereocenters. The van der Waals surface area contributed by atoms with Gasteiger partial charge in [-0.2, -0.15) is 9.61 Å². The molecule has 0 spiro atoms. The molecule has 118 valence electrons. The molecular weight excluding hydrogens is 330 g/mol. The molecule has 0 radical (unpaired) electrons. The summed E-state index contributed by atoms with van der Waals surface area (Å²) in [6.07, 6.45) is 3.26. The Bertz CT molecular complexity index is 988. The second kappa shape index (κ2) is 6.91. The van der Waals surface area contributed by atoms with Crippen LogP contribution in [-0.4, -0.2) is 25.7 Å². The fraction of sp³-hybridized carbons (Fsp3) is 0.0667. The van der Waals surface area contributed by atoms with E-state index in [0.29, 0.717) is 23.0 Å². The van der Waals surface area contributed by atoms with E-state index < -0.39 is 5.91 Å². The van der Waals surface area contributed by atoms with Gasteiger partial charge in [-0.25, -0.2) is 0 Å². The van der Waals surface area contributed by atoms with Crippen LogP contribution in [0, 0.1) is 0 Å². The molecular formula is C15H10ClN7O. The normalized spacial score (nSPS) is 10.9. The number of nitrogens with zero attached hydrogens (tertiary/aromatic N) is 7. The number of aromatic nitrogens is 4. The first-order valence-electron chi connectivity index (χ1n) is 6.89. The molecule has 2 aromatic heterocycles. The van der Waals surface area contributed by atoms with E-state index in [0.717, 1.165) is 11.1 Å². The molecule has 2 heterocycles. The average molecular weight is 340 g/mol. The van der Waals surface area contributed by atoms with Crippen LogP contribution in [0.4, 0.5) is 0 Å². The minimum atomic E-state index is -0.659. The number of amides is 1. The van der Waals surface area contributed by atoms with E-state index in [1.165, 1.54) is 6.08 Å². The lowest BCUT2D eigenvalue weighted by atomic mass is 10.0. The topological polar surface area (TPSA) is 109 Å². The molecule has 0 N–H and O–H groups in total. The molecule has 1 aromatic carbocycles. The maximum Gasteiger partial charge on any atom is 0.242 e. The Morgan fingerprint density at radius 2 is 2.12 bits per heavy atom. The Kier molecular flexibility index (Phi) is 4.51. The maximum absolute atomic E-state index is 11.3. The second-order valence-electron chi connectivity index (χ2n) is 4.78. The summed E-state index contributed by atoms with van der Waals surface area (Å²) in [5.74, 6) is -0.0385. The van der Waals surface area contributed by atoms with Crippen LogP contribution in [0.15, 0.2) is 47.6 Å². The molecule has 1 amide bonds. The first-order valence-corrected chi connectivity index (χ1v) is 7.27. The summed E-state index contributed by atoms with van der Waals surface area (Å²) in [5.41, 5.74) is 10.6. The number of hydrogen-bond acceptors (Lipinski definition) is 4. The Morgan fingerprint density at radius 1 is 1.29 bits per heavy atom. The van der Waals surface area contributed by atoms with Crippen LogP contribution in [0.1, 0.15) is 17.0 Å². The largest absolute Gasteiger partial charge is 0.288 e. The standard InChI is InChI=1S/C15H10ClN7O/c16-12-6-7-13-18-19-14(23(13)21-12)9-11-4-2-1-3-10(11)5-8-15(24)20-22-17/h1-8H,9H2/b8-5+. The van der Waals surface area contributed by atoms with Crippen LogP contribution < -0.4 is 0 Å². The predicted octanol–water partition coefficient (Wildman–Crippen LogP) is 3.22. The molecule has 0 atom stereocenters. The lowest BCUT2D eigenvalue weighted by molar-refractivity contribution is -0.113. The highest BCUT2D eigenvalue weighted by Crippen LogP contribution is 2.16. The van der Waals surface area contributed by atoms with Gasteiger partial charge in [0.2, 0.25) is 5.91 Å². The highest BCUT2D eigenvalue weighted by atomic mass is 35.5. The number of rotatable bonds is 4. The van der Waals surface area contributed by atoms with E-state index in [2.05, 4.69) is 25.3 Å². The van der Waals surface area contributed by atoms with Crippen LogP contribution in [0.25, 0.3) is 22.2 Å². The summed E-state index contributed by atoms with van der Waals surface area (Å²) in [4.78, 5) is 13.8. The molecule has 0 aliphatic heterocycles. The minimum absolute atomic E-state index is 0.344. The van der Waals surface area contributed by atoms with Gasteiger partial charge in [-0.15, -0.1) is 10.2 Å². The predicted molar refractivity (Wildman–Crippen MR) is 88.2 cm³/mol. The lowest BCUT2D eigenvalue weighted by Gasteiger charge is -2.04. The zero-order valence-corrected chi connectivity index (χ0v) is 13.0. The molecule has 9 heteroatoms. The first-order chi connectivity index (χ1) is 11.7. The van der Waals surface area contributed by atoms with Gasteiger partial charge in [0.05, 0.1) is 0 Å². The van der Waals surface area contributed by atoms with E-state index in [1.807, 2.05) is 24.3 Å². The summed E-state index contributed by atoms with van der Waals surface area (Å²) < 4.78 is 1.58. The van der Waals surface area contributed by atoms with E-state index in [-0.39, 0.29) is 0 Å². The summed E-state index contributed by atoms with van der Waals surface area (Å²) in [6.45, 7) is 0. The van der Waals surface area contributed by atoms with Crippen LogP contribution in [-0.2, 0) is 11.2 Å². The quantitative estimate of drug-likeness (QED) is 0.314. The molecule has 24 heavy (non-hydrogen) atoms. The first kappa shape index (κ1) is 15.7. The monoisotopic (exact) mass is 339 g/mol. The zero-order chi connectivity index (χ0) is 16.9. The second-order valence-corrected chi connectivity index (χ2v) is 5.17. The lowest BCUT2D eigenvalue weighted by Crippen LogP contribution is -2.01. The number of benzene rings is 1. The third-order valence-corrected chi connectivity index (χ3v) is 3.45. The molecule has 3 rings (SSSR count). The molecule has 0 bridgehead atoms. The Morgan fingerprint density at radius 3 is 2.96 bits per heavy atom. The van der Waals surface area contributed by atoms with Gasteiger partial charge in [0.1, 0.15) is 5.15 Å². The summed E-state index contributed by atoms with van der Waals surface area (Å²) >= 11 is 5.92. The van der Waals surface area contributed by atoms with Gasteiger partial charge in [0, 0.05) is 11.3 Å². The number of azide groups is 1. The van der Waals surface area contributed by atoms with Crippen LogP contribution in [0.3, 0.4) is 0 Å². The van der Waals surface area contributed by atoms with Crippen molar-refractivity contribution < 1.29 is 4.79 Å². The minimum Gasteiger partial charge on any atom is -0.288 e. The average Bonchev–Trinajstić information content (AvgIpc) is 2.96. The number of carbonyl (C=O) groups excluding carboxylic acids is 1. The molecule has 3 aromatic rings. The maximum atomic E-state index is 11.3. The third-order valence-electron chi connectivity index (χ3n) is 3.25. The molecule has 0 saturated heterocycles. The van der Waals surface area contributed by atoms with Crippen molar-refractivity contribution in [1.82, 2.24) is 19.8 Å². The fourth-order valence-corrected chi connectivity index (χ4v) is 2.33. The van der Waals surface area contributed by atoms with Crippen molar-refractivity contribution in [1.29, 1.82) is 0 Å². The van der Waals surface area contributed by atoms with Crippen molar-refractivity contribution in [3.63, 3.8) is 0 Å². The third kappa shape index (κ3) is 3.40. The molecule has 8 nitrogen and oxygen atoms in total. The summed E-state index contributed by atoms with van der Waals surface area (Å²) in [5, 5.41) is 15.7. The van der Waals surface area contributed by atoms with Gasteiger partial charge in [-0.3, -0.25) is 4.79 Å². The molecule has 0 fully saturated rings. The van der Waals surface area contributed by atoms with Gasteiger partial charge >= 0.3 is 0 Å². The van der Waals surface area contributed by atoms with Crippen molar-refractivity contribution in [3.05, 3.63) is 75.0 Å². The highest BCUT2D eigenvalue weighted by Gasteiger charge is 2.10. The molecule has 0 aliphatic rings. The van der Waals surface area contributed by atoms with Crippen LogP contribution in [0.2, 0.25) is 5.15 Å². The van der Waals surface area contributed by atoms with Crippen LogP contribution in [0.5, 0.6) is 0 Å². The number of fused-ring (bicyclic) bond motifs is 1. The summed E-state index contributed by atoms with van der Waals surface area (Å²) in [7, 11) is 0. The number of hydrogen-bond donors (Lipinski definition) is 0. The Labute approximate surface area is 141 Å². The molecule has 0 saturated carbocycles. The van der Waals surface area contributed by atoms with Gasteiger partial charge in [-0.1, -0.05) is 41.9 Å². The van der Waals surface area contributed by atoms with E-state index in [4.69, 9.17) is 17.1 Å². The van der Waals surface area contributed by atoms with Crippen molar-refractivity contribution >= 4 is 29.2 Å². The van der Waals surface area contributed by atoms with E-state index in [9.17, 15) is 4.79 Å². The zero-order valence-electron chi connectivity index (χ0n) is 12.2. The SMILES string of the molecule is [N-]=[N+]=NC(=O)/C=C/c1ccccc1Cc1nnc2ccc(Cl)nn12. The van der Waals surface area contributed by atoms with Crippen molar-refractivity contribution in [2.75, 3.05) is 0 Å². The van der Waals surface area contributed by atoms with E-state index >= 15 is 0 Å². The Balaban J connectivity index is 1.94. The fourth-order valence-electron chi connectivity index (χ4n) is 2.19. The van der Waals surface area contributed by atoms with Gasteiger partial charge in [-0.05, 0) is 40.0 Å². The number of carbonyl (C=O) groups is 1. The van der Waals surface area contributed by atoms with E-state index in [1.54, 1.807) is 22.7 Å². The van der Waals surface area contributed by atoms with Crippen LogP contribution >= 0.6 is 11.6 Å². The van der Waals surface area contributed by atoms with Gasteiger partial charge < -0.3 is 0 Å². The highest BCUT2D eigenvalue weighted by molar-refractivity contribution is 6.29. The van der Waals surface area contributed by atoms with Crippen molar-refractivity contribution in [3.8, 4) is 0 Å². The van der Waals surface area contributed by atoms with Gasteiger partial charge in [0.25, 0.3) is 0 Å². The van der Waals surface area contributed by atoms with Crippen molar-refractivity contribution in [2.45, 2.75) is 6.42 Å². The summed E-state index contributed by atoms with van der Waals surface area (Å²) in [6, 6.07) is 10.9.